The fourth-order valence-corrected chi connectivity index (χ4v) is 9.70. The van der Waals surface area contributed by atoms with E-state index in [9.17, 15) is 14.9 Å². The number of carbonyl (C=O) groups is 1. The number of nitrogens with one attached hydrogen (secondary N) is 3. The third-order valence-electron chi connectivity index (χ3n) is 12.7. The number of hydrogen-bond donors (Lipinski definition) is 3. The number of nitro benzene ring substituents is 1. The Kier molecular flexibility index (Phi) is 13.4. The lowest BCUT2D eigenvalue weighted by atomic mass is 9.72. The maximum atomic E-state index is 13.9. The van der Waals surface area contributed by atoms with Crippen LogP contribution in [-0.2, 0) is 0 Å². The molecule has 0 saturated carbocycles. The maximum absolute atomic E-state index is 13.9. The number of H-pyrrole nitrogens is 1. The van der Waals surface area contributed by atoms with Crippen molar-refractivity contribution in [3.8, 4) is 11.5 Å². The van der Waals surface area contributed by atoms with Crippen LogP contribution in [0.3, 0.4) is 0 Å². The number of piperazine rings is 1. The van der Waals surface area contributed by atoms with E-state index < -0.39 is 0 Å². The second-order valence-electron chi connectivity index (χ2n) is 18.0. The van der Waals surface area contributed by atoms with Crippen LogP contribution >= 0.6 is 23.5 Å². The number of benzene rings is 3. The first-order chi connectivity index (χ1) is 29.9. The Bertz CT molecular complexity index is 2420. The Balaban J connectivity index is 0.949. The maximum Gasteiger partial charge on any atom is 0.293 e. The van der Waals surface area contributed by atoms with Crippen LogP contribution in [0.1, 0.15) is 75.7 Å². The molecule has 3 aliphatic rings. The van der Waals surface area contributed by atoms with Crippen LogP contribution in [0.4, 0.5) is 17.1 Å². The number of anilines is 2. The third kappa shape index (κ3) is 10.6. The van der Waals surface area contributed by atoms with E-state index >= 15 is 0 Å². The first-order valence-corrected chi connectivity index (χ1v) is 23.0. The Morgan fingerprint density at radius 3 is 2.53 bits per heavy atom. The molecule has 8 rings (SSSR count). The van der Waals surface area contributed by atoms with Crippen molar-refractivity contribution >= 4 is 63.1 Å². The molecule has 4 heterocycles. The number of carbonyl (C=O) groups excluding carboxylic acids is 1. The molecule has 2 aliphatic heterocycles. The van der Waals surface area contributed by atoms with Crippen molar-refractivity contribution in [1.82, 2.24) is 24.5 Å². The van der Waals surface area contributed by atoms with E-state index in [-0.39, 0.29) is 21.9 Å². The minimum Gasteiger partial charge on any atom is -0.455 e. The summed E-state index contributed by atoms with van der Waals surface area (Å²) in [6.45, 7) is 16.3. The Morgan fingerprint density at radius 2 is 1.79 bits per heavy atom. The highest BCUT2D eigenvalue weighted by molar-refractivity contribution is 7.98. The van der Waals surface area contributed by atoms with E-state index in [4.69, 9.17) is 16.3 Å². The lowest BCUT2D eigenvalue weighted by Gasteiger charge is -2.39. The molecule has 0 unspecified atom stereocenters. The molecular weight excluding hydrogens is 820 g/mol. The number of amides is 1. The SMILES string of the molecule is CC(C)N1CCC(CNc2ccc(SNC(=O)c3ccc(N4CCN(CC5=C(c6ccc(Cl)cc6)CC(C)(C)CC5)CC4)cc3Oc3cnc4[nH]ccc4c3)cc2[N+](=O)[O-])CC1. The zero-order valence-electron chi connectivity index (χ0n) is 36.1. The van der Waals surface area contributed by atoms with E-state index in [1.807, 2.05) is 42.6 Å². The number of aromatic amines is 1. The monoisotopic (exact) mass is 876 g/mol. The summed E-state index contributed by atoms with van der Waals surface area (Å²) in [5.41, 5.74) is 7.01. The van der Waals surface area contributed by atoms with Gasteiger partial charge in [0.2, 0.25) is 0 Å². The van der Waals surface area contributed by atoms with E-state index in [1.54, 1.807) is 24.4 Å². The molecule has 3 N–H and O–H groups in total. The molecule has 0 radical (unpaired) electrons. The summed E-state index contributed by atoms with van der Waals surface area (Å²) in [6, 6.07) is 23.4. The molecule has 2 saturated heterocycles. The highest BCUT2D eigenvalue weighted by Crippen LogP contribution is 2.43. The number of fused-ring (bicyclic) bond motifs is 1. The number of hydrogen-bond acceptors (Lipinski definition) is 10. The molecule has 0 atom stereocenters. The van der Waals surface area contributed by atoms with E-state index in [0.29, 0.717) is 46.1 Å². The van der Waals surface area contributed by atoms with Gasteiger partial charge >= 0.3 is 0 Å². The summed E-state index contributed by atoms with van der Waals surface area (Å²) in [5, 5.41) is 17.2. The van der Waals surface area contributed by atoms with Gasteiger partial charge < -0.3 is 24.8 Å². The molecule has 1 aliphatic carbocycles. The number of nitrogens with zero attached hydrogens (tertiary/aromatic N) is 5. The number of rotatable bonds is 14. The Morgan fingerprint density at radius 1 is 1.02 bits per heavy atom. The largest absolute Gasteiger partial charge is 0.455 e. The molecule has 12 nitrogen and oxygen atoms in total. The minimum atomic E-state index is -0.380. The lowest BCUT2D eigenvalue weighted by molar-refractivity contribution is -0.384. The van der Waals surface area contributed by atoms with E-state index in [1.165, 1.54) is 29.2 Å². The van der Waals surface area contributed by atoms with Gasteiger partial charge in [-0.05, 0) is 142 Å². The molecule has 14 heteroatoms. The number of aromatic nitrogens is 2. The van der Waals surface area contributed by atoms with Crippen molar-refractivity contribution in [2.75, 3.05) is 62.6 Å². The fraction of sp³-hybridized carbons (Fsp3) is 0.417. The molecule has 62 heavy (non-hydrogen) atoms. The van der Waals surface area contributed by atoms with E-state index in [0.717, 1.165) is 105 Å². The predicted octanol–water partition coefficient (Wildman–Crippen LogP) is 10.7. The van der Waals surface area contributed by atoms with Crippen molar-refractivity contribution < 1.29 is 14.5 Å². The van der Waals surface area contributed by atoms with Crippen LogP contribution in [0, 0.1) is 21.4 Å². The van der Waals surface area contributed by atoms with Gasteiger partial charge in [-0.1, -0.05) is 43.2 Å². The first-order valence-electron chi connectivity index (χ1n) is 21.8. The number of halogens is 1. The van der Waals surface area contributed by atoms with Crippen LogP contribution in [0.2, 0.25) is 5.02 Å². The number of piperidine rings is 1. The normalized spacial score (nSPS) is 17.7. The average molecular weight is 878 g/mol. The molecule has 326 valence electrons. The molecule has 1 amide bonds. The molecule has 0 spiro atoms. The average Bonchev–Trinajstić information content (AvgIpc) is 3.74. The van der Waals surface area contributed by atoms with Gasteiger partial charge in [0.25, 0.3) is 11.6 Å². The van der Waals surface area contributed by atoms with Gasteiger partial charge in [0.1, 0.15) is 22.8 Å². The summed E-state index contributed by atoms with van der Waals surface area (Å²) >= 11 is 7.30. The predicted molar refractivity (Wildman–Crippen MR) is 252 cm³/mol. The van der Waals surface area contributed by atoms with Crippen LogP contribution in [0.5, 0.6) is 11.5 Å². The zero-order valence-corrected chi connectivity index (χ0v) is 37.7. The Labute approximate surface area is 373 Å². The molecule has 3 aromatic carbocycles. The van der Waals surface area contributed by atoms with Gasteiger partial charge in [-0.3, -0.25) is 24.5 Å². The number of pyridine rings is 1. The van der Waals surface area contributed by atoms with Gasteiger partial charge in [-0.2, -0.15) is 0 Å². The summed E-state index contributed by atoms with van der Waals surface area (Å²) in [7, 11) is 0. The second-order valence-corrected chi connectivity index (χ2v) is 19.3. The highest BCUT2D eigenvalue weighted by atomic mass is 35.5. The van der Waals surface area contributed by atoms with Crippen molar-refractivity contribution in [2.45, 2.75) is 70.7 Å². The first kappa shape index (κ1) is 43.6. The lowest BCUT2D eigenvalue weighted by Crippen LogP contribution is -2.47. The summed E-state index contributed by atoms with van der Waals surface area (Å²) in [4.78, 5) is 41.3. The molecule has 2 fully saturated rings. The Hall–Kier alpha value is -5.08. The topological polar surface area (TPSA) is 132 Å². The van der Waals surface area contributed by atoms with Crippen LogP contribution in [0.15, 0.2) is 95.7 Å². The molecular formula is C48H57ClN8O4S. The van der Waals surface area contributed by atoms with E-state index in [2.05, 4.69) is 74.5 Å². The molecule has 0 bridgehead atoms. The number of nitro groups is 1. The highest BCUT2D eigenvalue weighted by Gasteiger charge is 2.30. The number of likely N-dealkylation sites (tertiary alicyclic amines) is 1. The standard InChI is InChI=1S/C48H57ClN8O4S/c1-32(2)55-19-15-33(16-20-55)29-51-43-12-10-40(27-44(43)57(59)60)62-53-47(58)41-11-9-38(26-45(41)61-39-25-35-14-18-50-46(35)52-30-39)56-23-21-54(22-24-56)31-36-13-17-48(3,4)28-42(36)34-5-7-37(49)8-6-34/h5-12,14,18,25-27,30,32-33,51H,13,15-17,19-24,28-29,31H2,1-4H3,(H,50,52)(H,53,58). The van der Waals surface area contributed by atoms with Crippen LogP contribution in [-0.4, -0.2) is 89.0 Å². The zero-order chi connectivity index (χ0) is 43.4. The fourth-order valence-electron chi connectivity index (χ4n) is 8.94. The number of allylic oxidation sites excluding steroid dienone is 1. The quantitative estimate of drug-likeness (QED) is 0.0563. The summed E-state index contributed by atoms with van der Waals surface area (Å²) < 4.78 is 9.37. The smallest absolute Gasteiger partial charge is 0.293 e. The van der Waals surface area contributed by atoms with Crippen molar-refractivity contribution in [3.63, 3.8) is 0 Å². The van der Waals surface area contributed by atoms with Gasteiger partial charge in [0, 0.05) is 84.6 Å². The van der Waals surface area contributed by atoms with Crippen LogP contribution < -0.4 is 19.7 Å². The number of ether oxygens (including phenoxy) is 1. The second kappa shape index (κ2) is 19.1. The van der Waals surface area contributed by atoms with Crippen molar-refractivity contribution in [2.24, 2.45) is 11.3 Å². The molecule has 5 aromatic rings. The third-order valence-corrected chi connectivity index (χ3v) is 13.8. The molecule has 2 aromatic heterocycles. The van der Waals surface area contributed by atoms with Gasteiger partial charge in [-0.15, -0.1) is 0 Å². The summed E-state index contributed by atoms with van der Waals surface area (Å²) in [5.74, 6) is 0.977. The van der Waals surface area contributed by atoms with Crippen LogP contribution in [0.25, 0.3) is 16.6 Å². The van der Waals surface area contributed by atoms with Gasteiger partial charge in [0.05, 0.1) is 16.7 Å². The summed E-state index contributed by atoms with van der Waals surface area (Å²) in [6.07, 6.45) is 8.91. The van der Waals surface area contributed by atoms with Crippen molar-refractivity contribution in [3.05, 3.63) is 117 Å². The van der Waals surface area contributed by atoms with Gasteiger partial charge in [-0.25, -0.2) is 4.98 Å². The minimum absolute atomic E-state index is 0.0219. The van der Waals surface area contributed by atoms with Gasteiger partial charge in [0.15, 0.2) is 0 Å². The van der Waals surface area contributed by atoms with Crippen molar-refractivity contribution in [1.29, 1.82) is 0 Å².